The Balaban J connectivity index is 1.27. The van der Waals surface area contributed by atoms with Crippen molar-refractivity contribution >= 4 is 23.2 Å². The summed E-state index contributed by atoms with van der Waals surface area (Å²) in [6.45, 7) is 0. The Hall–Kier alpha value is -4.38. The average molecular weight is 437 g/mol. The molecule has 0 spiro atoms. The quantitative estimate of drug-likeness (QED) is 0.340. The van der Waals surface area contributed by atoms with Crippen LogP contribution in [0.1, 0.15) is 22.3 Å². The number of carbonyl (C=O) groups is 2. The lowest BCUT2D eigenvalue weighted by atomic mass is 10.1. The van der Waals surface area contributed by atoms with Gasteiger partial charge in [0.25, 0.3) is 5.91 Å². The van der Waals surface area contributed by atoms with Gasteiger partial charge in [-0.2, -0.15) is 0 Å². The fourth-order valence-corrected chi connectivity index (χ4v) is 3.27. The van der Waals surface area contributed by atoms with Crippen molar-refractivity contribution in [2.24, 2.45) is 0 Å². The number of ether oxygens (including phenoxy) is 1. The third-order valence-electron chi connectivity index (χ3n) is 5.01. The second-order valence-electron chi connectivity index (χ2n) is 7.50. The molecule has 5 heteroatoms. The number of benzene rings is 4. The first-order chi connectivity index (χ1) is 16.2. The normalized spacial score (nSPS) is 10.3. The van der Waals surface area contributed by atoms with Gasteiger partial charge in [0.05, 0.1) is 0 Å². The Morgan fingerprint density at radius 2 is 1.15 bits per heavy atom. The summed E-state index contributed by atoms with van der Waals surface area (Å²) < 4.78 is 5.76. The number of rotatable bonds is 8. The van der Waals surface area contributed by atoms with Crippen LogP contribution in [0.5, 0.6) is 11.5 Å². The van der Waals surface area contributed by atoms with Crippen molar-refractivity contribution in [3.05, 3.63) is 120 Å². The van der Waals surface area contributed by atoms with E-state index in [1.807, 2.05) is 60.7 Å². The Labute approximate surface area is 193 Å². The molecule has 33 heavy (non-hydrogen) atoms. The Morgan fingerprint density at radius 1 is 0.606 bits per heavy atom. The molecule has 2 amide bonds. The zero-order chi connectivity index (χ0) is 22.9. The van der Waals surface area contributed by atoms with Crippen LogP contribution in [-0.4, -0.2) is 11.8 Å². The molecular weight excluding hydrogens is 412 g/mol. The molecule has 0 heterocycles. The van der Waals surface area contributed by atoms with E-state index < -0.39 is 0 Å². The third-order valence-corrected chi connectivity index (χ3v) is 5.01. The molecule has 2 N–H and O–H groups in total. The van der Waals surface area contributed by atoms with E-state index in [0.29, 0.717) is 35.5 Å². The van der Waals surface area contributed by atoms with E-state index in [1.54, 1.807) is 48.5 Å². The molecule has 0 saturated heterocycles. The lowest BCUT2D eigenvalue weighted by Gasteiger charge is -2.09. The topological polar surface area (TPSA) is 67.4 Å². The van der Waals surface area contributed by atoms with Crippen molar-refractivity contribution in [1.29, 1.82) is 0 Å². The van der Waals surface area contributed by atoms with Crippen LogP contribution in [0.15, 0.2) is 109 Å². The van der Waals surface area contributed by atoms with Gasteiger partial charge < -0.3 is 15.4 Å². The molecule has 4 aromatic carbocycles. The first kappa shape index (κ1) is 21.8. The van der Waals surface area contributed by atoms with Gasteiger partial charge in [-0.05, 0) is 72.6 Å². The minimum atomic E-state index is -0.228. The van der Waals surface area contributed by atoms with Crippen LogP contribution in [0.4, 0.5) is 11.4 Å². The Morgan fingerprint density at radius 3 is 1.82 bits per heavy atom. The summed E-state index contributed by atoms with van der Waals surface area (Å²) in [7, 11) is 0. The number of hydrogen-bond donors (Lipinski definition) is 2. The van der Waals surface area contributed by atoms with E-state index in [-0.39, 0.29) is 11.8 Å². The van der Waals surface area contributed by atoms with Gasteiger partial charge in [0, 0.05) is 23.4 Å². The highest BCUT2D eigenvalue weighted by Crippen LogP contribution is 2.23. The Kier molecular flexibility index (Phi) is 7.13. The summed E-state index contributed by atoms with van der Waals surface area (Å²) in [4.78, 5) is 24.7. The molecule has 0 fully saturated rings. The maximum Gasteiger partial charge on any atom is 0.255 e. The Bertz CT molecular complexity index is 1190. The molecule has 0 aliphatic carbocycles. The van der Waals surface area contributed by atoms with Crippen molar-refractivity contribution in [2.75, 3.05) is 10.6 Å². The van der Waals surface area contributed by atoms with Gasteiger partial charge in [0.2, 0.25) is 5.91 Å². The van der Waals surface area contributed by atoms with Crippen LogP contribution >= 0.6 is 0 Å². The second kappa shape index (κ2) is 10.8. The van der Waals surface area contributed by atoms with Crippen LogP contribution in [0, 0.1) is 0 Å². The monoisotopic (exact) mass is 436 g/mol. The molecule has 4 rings (SSSR count). The number of hydrogen-bond acceptors (Lipinski definition) is 3. The average Bonchev–Trinajstić information content (AvgIpc) is 2.86. The maximum atomic E-state index is 12.6. The summed E-state index contributed by atoms with van der Waals surface area (Å²) >= 11 is 0. The predicted molar refractivity (Wildman–Crippen MR) is 131 cm³/mol. The minimum absolute atomic E-state index is 0.0612. The summed E-state index contributed by atoms with van der Waals surface area (Å²) in [5.74, 6) is 1.15. The van der Waals surface area contributed by atoms with Crippen LogP contribution in [0.2, 0.25) is 0 Å². The van der Waals surface area contributed by atoms with E-state index in [9.17, 15) is 9.59 Å². The third kappa shape index (κ3) is 6.55. The highest BCUT2D eigenvalue weighted by molar-refractivity contribution is 6.04. The number of carbonyl (C=O) groups excluding carboxylic acids is 2. The van der Waals surface area contributed by atoms with Gasteiger partial charge in [-0.1, -0.05) is 48.5 Å². The fraction of sp³-hybridized carbons (Fsp3) is 0.0714. The first-order valence-corrected chi connectivity index (χ1v) is 10.7. The highest BCUT2D eigenvalue weighted by atomic mass is 16.5. The summed E-state index contributed by atoms with van der Waals surface area (Å²) in [5.41, 5.74) is 2.95. The molecule has 0 aromatic heterocycles. The fourth-order valence-electron chi connectivity index (χ4n) is 3.27. The lowest BCUT2D eigenvalue weighted by Crippen LogP contribution is -2.14. The highest BCUT2D eigenvalue weighted by Gasteiger charge is 2.08. The van der Waals surface area contributed by atoms with E-state index in [2.05, 4.69) is 10.6 Å². The number of anilines is 2. The molecule has 0 saturated carbocycles. The molecule has 0 aliphatic heterocycles. The van der Waals surface area contributed by atoms with E-state index in [0.717, 1.165) is 11.3 Å². The van der Waals surface area contributed by atoms with Gasteiger partial charge in [-0.15, -0.1) is 0 Å². The summed E-state index contributed by atoms with van der Waals surface area (Å²) in [6, 6.07) is 33.4. The number of para-hydroxylation sites is 1. The second-order valence-corrected chi connectivity index (χ2v) is 7.50. The smallest absolute Gasteiger partial charge is 0.255 e. The standard InChI is InChI=1S/C28H24N2O3/c31-27(20-11-21-7-3-1-4-8-21)29-23-14-12-22(13-15-23)28(32)30-24-16-18-26(19-17-24)33-25-9-5-2-6-10-25/h1-10,12-19H,11,20H2,(H,29,31)(H,30,32). The number of nitrogens with one attached hydrogen (secondary N) is 2. The zero-order valence-corrected chi connectivity index (χ0v) is 18.0. The summed E-state index contributed by atoms with van der Waals surface area (Å²) in [5, 5.41) is 5.74. The molecule has 0 aliphatic rings. The van der Waals surface area contributed by atoms with Crippen molar-refractivity contribution in [2.45, 2.75) is 12.8 Å². The van der Waals surface area contributed by atoms with Gasteiger partial charge in [-0.3, -0.25) is 9.59 Å². The van der Waals surface area contributed by atoms with Crippen molar-refractivity contribution in [1.82, 2.24) is 0 Å². The van der Waals surface area contributed by atoms with Gasteiger partial charge in [0.1, 0.15) is 11.5 Å². The van der Waals surface area contributed by atoms with Crippen molar-refractivity contribution in [3.8, 4) is 11.5 Å². The molecule has 5 nitrogen and oxygen atoms in total. The van der Waals surface area contributed by atoms with Crippen molar-refractivity contribution < 1.29 is 14.3 Å². The van der Waals surface area contributed by atoms with E-state index in [1.165, 1.54) is 0 Å². The van der Waals surface area contributed by atoms with Crippen LogP contribution in [-0.2, 0) is 11.2 Å². The predicted octanol–water partition coefficient (Wildman–Crippen LogP) is 6.30. The number of aryl methyl sites for hydroxylation is 1. The number of amides is 2. The molecule has 0 atom stereocenters. The van der Waals surface area contributed by atoms with Gasteiger partial charge in [-0.25, -0.2) is 0 Å². The van der Waals surface area contributed by atoms with Gasteiger partial charge in [0.15, 0.2) is 0 Å². The SMILES string of the molecule is O=C(CCc1ccccc1)Nc1ccc(C(=O)Nc2ccc(Oc3ccccc3)cc2)cc1. The van der Waals surface area contributed by atoms with Crippen LogP contribution in [0.25, 0.3) is 0 Å². The van der Waals surface area contributed by atoms with Gasteiger partial charge >= 0.3 is 0 Å². The van der Waals surface area contributed by atoms with Crippen LogP contribution in [0.3, 0.4) is 0 Å². The van der Waals surface area contributed by atoms with Crippen LogP contribution < -0.4 is 15.4 Å². The van der Waals surface area contributed by atoms with Crippen molar-refractivity contribution in [3.63, 3.8) is 0 Å². The lowest BCUT2D eigenvalue weighted by molar-refractivity contribution is -0.116. The molecule has 0 bridgehead atoms. The molecule has 0 radical (unpaired) electrons. The van der Waals surface area contributed by atoms with E-state index >= 15 is 0 Å². The largest absolute Gasteiger partial charge is 0.457 e. The molecule has 0 unspecified atom stereocenters. The molecule has 164 valence electrons. The van der Waals surface area contributed by atoms with E-state index in [4.69, 9.17) is 4.74 Å². The minimum Gasteiger partial charge on any atom is -0.457 e. The zero-order valence-electron chi connectivity index (χ0n) is 18.0. The maximum absolute atomic E-state index is 12.6. The molecular formula is C28H24N2O3. The molecule has 4 aromatic rings. The summed E-state index contributed by atoms with van der Waals surface area (Å²) in [6.07, 6.45) is 1.08. The first-order valence-electron chi connectivity index (χ1n) is 10.7.